The molecule has 0 saturated heterocycles. The van der Waals surface area contributed by atoms with Crippen LogP contribution < -0.4 is 0 Å². The summed E-state index contributed by atoms with van der Waals surface area (Å²) in [5, 5.41) is 8.93. The van der Waals surface area contributed by atoms with E-state index in [-0.39, 0.29) is 0 Å². The van der Waals surface area contributed by atoms with E-state index in [1.165, 1.54) is 6.20 Å². The van der Waals surface area contributed by atoms with E-state index in [2.05, 4.69) is 11.1 Å². The van der Waals surface area contributed by atoms with Crippen LogP contribution in [0.15, 0.2) is 36.8 Å². The third-order valence-electron chi connectivity index (χ3n) is 2.34. The van der Waals surface area contributed by atoms with Crippen LogP contribution in [0.2, 0.25) is 0 Å². The van der Waals surface area contributed by atoms with Crippen LogP contribution in [-0.4, -0.2) is 15.8 Å². The van der Waals surface area contributed by atoms with Crippen molar-refractivity contribution in [1.29, 1.82) is 5.26 Å². The Kier molecular flexibility index (Phi) is 2.79. The molecule has 0 unspecified atom stereocenters. The summed E-state index contributed by atoms with van der Waals surface area (Å²) in [4.78, 5) is 14.6. The van der Waals surface area contributed by atoms with Crippen LogP contribution in [0.1, 0.15) is 21.6 Å². The number of aromatic nitrogens is 2. The molecule has 1 heterocycles. The Morgan fingerprint density at radius 3 is 3.00 bits per heavy atom. The maximum atomic E-state index is 10.7. The average molecular weight is 211 g/mol. The molecule has 0 amide bonds. The average Bonchev–Trinajstić information content (AvgIpc) is 2.77. The van der Waals surface area contributed by atoms with Crippen LogP contribution in [-0.2, 0) is 6.54 Å². The molecule has 4 heteroatoms. The van der Waals surface area contributed by atoms with E-state index in [0.717, 1.165) is 11.8 Å². The summed E-state index contributed by atoms with van der Waals surface area (Å²) in [6, 6.07) is 9.43. The van der Waals surface area contributed by atoms with Crippen molar-refractivity contribution in [3.63, 3.8) is 0 Å². The first-order valence-electron chi connectivity index (χ1n) is 4.78. The molecule has 4 nitrogen and oxygen atoms in total. The van der Waals surface area contributed by atoms with E-state index in [4.69, 9.17) is 5.26 Å². The monoisotopic (exact) mass is 211 g/mol. The Labute approximate surface area is 92.8 Å². The standard InChI is InChI=1S/C12H9N3O/c13-5-10-3-1-2-4-11(10)7-15-9-14-6-12(15)8-16/h1-4,6,8-9H,7H2. The summed E-state index contributed by atoms with van der Waals surface area (Å²) in [6.07, 6.45) is 3.84. The van der Waals surface area contributed by atoms with E-state index < -0.39 is 0 Å². The lowest BCUT2D eigenvalue weighted by atomic mass is 10.1. The van der Waals surface area contributed by atoms with Gasteiger partial charge in [0.05, 0.1) is 30.7 Å². The van der Waals surface area contributed by atoms with Crippen molar-refractivity contribution in [2.75, 3.05) is 0 Å². The fraction of sp³-hybridized carbons (Fsp3) is 0.0833. The van der Waals surface area contributed by atoms with Crippen LogP contribution in [0, 0.1) is 11.3 Å². The second kappa shape index (κ2) is 4.41. The van der Waals surface area contributed by atoms with Gasteiger partial charge >= 0.3 is 0 Å². The third kappa shape index (κ3) is 1.84. The summed E-state index contributed by atoms with van der Waals surface area (Å²) < 4.78 is 1.71. The second-order valence-corrected chi connectivity index (χ2v) is 3.33. The molecule has 0 N–H and O–H groups in total. The molecule has 1 aromatic carbocycles. The zero-order chi connectivity index (χ0) is 11.4. The number of nitriles is 1. The zero-order valence-corrected chi connectivity index (χ0v) is 8.50. The van der Waals surface area contributed by atoms with Gasteiger partial charge in [0.25, 0.3) is 0 Å². The van der Waals surface area contributed by atoms with Gasteiger partial charge in [0.15, 0.2) is 6.29 Å². The van der Waals surface area contributed by atoms with Crippen molar-refractivity contribution in [3.8, 4) is 6.07 Å². The van der Waals surface area contributed by atoms with Crippen molar-refractivity contribution < 1.29 is 4.79 Å². The summed E-state index contributed by atoms with van der Waals surface area (Å²) in [7, 11) is 0. The van der Waals surface area contributed by atoms with Gasteiger partial charge in [0.1, 0.15) is 5.69 Å². The van der Waals surface area contributed by atoms with Gasteiger partial charge in [-0.2, -0.15) is 5.26 Å². The fourth-order valence-electron chi connectivity index (χ4n) is 1.51. The first-order chi connectivity index (χ1) is 7.85. The summed E-state index contributed by atoms with van der Waals surface area (Å²) in [5.74, 6) is 0. The third-order valence-corrected chi connectivity index (χ3v) is 2.34. The van der Waals surface area contributed by atoms with E-state index in [9.17, 15) is 4.79 Å². The molecule has 0 radical (unpaired) electrons. The minimum Gasteiger partial charge on any atom is -0.324 e. The lowest BCUT2D eigenvalue weighted by molar-refractivity contribution is 0.111. The molecular formula is C12H9N3O. The molecule has 0 fully saturated rings. The minimum absolute atomic E-state index is 0.484. The first kappa shape index (κ1) is 10.1. The van der Waals surface area contributed by atoms with Crippen molar-refractivity contribution >= 4 is 6.29 Å². The molecule has 0 aliphatic rings. The van der Waals surface area contributed by atoms with Gasteiger partial charge in [-0.3, -0.25) is 4.79 Å². The Morgan fingerprint density at radius 2 is 2.25 bits per heavy atom. The molecule has 0 bridgehead atoms. The predicted molar refractivity (Wildman–Crippen MR) is 57.9 cm³/mol. The predicted octanol–water partition coefficient (Wildman–Crippen LogP) is 1.62. The number of carbonyl (C=O) groups is 1. The zero-order valence-electron chi connectivity index (χ0n) is 8.50. The lowest BCUT2D eigenvalue weighted by Crippen LogP contribution is -2.03. The number of hydrogen-bond donors (Lipinski definition) is 0. The molecule has 0 aliphatic heterocycles. The number of aldehydes is 1. The fourth-order valence-corrected chi connectivity index (χ4v) is 1.51. The molecule has 16 heavy (non-hydrogen) atoms. The number of imidazole rings is 1. The van der Waals surface area contributed by atoms with Crippen LogP contribution in [0.5, 0.6) is 0 Å². The number of carbonyl (C=O) groups excluding carboxylic acids is 1. The number of hydrogen-bond acceptors (Lipinski definition) is 3. The lowest BCUT2D eigenvalue weighted by Gasteiger charge is -2.05. The van der Waals surface area contributed by atoms with Crippen LogP contribution in [0.4, 0.5) is 0 Å². The summed E-state index contributed by atoms with van der Waals surface area (Å²) >= 11 is 0. The largest absolute Gasteiger partial charge is 0.324 e. The first-order valence-corrected chi connectivity index (χ1v) is 4.78. The van der Waals surface area contributed by atoms with Crippen molar-refractivity contribution in [1.82, 2.24) is 9.55 Å². The molecule has 1 aromatic heterocycles. The van der Waals surface area contributed by atoms with Crippen LogP contribution in [0.25, 0.3) is 0 Å². The highest BCUT2D eigenvalue weighted by molar-refractivity contribution is 5.71. The van der Waals surface area contributed by atoms with Crippen LogP contribution in [0.3, 0.4) is 0 Å². The quantitative estimate of drug-likeness (QED) is 0.725. The van der Waals surface area contributed by atoms with Gasteiger partial charge in [0, 0.05) is 0 Å². The molecule has 0 atom stereocenters. The minimum atomic E-state index is 0.484. The van der Waals surface area contributed by atoms with E-state index in [1.807, 2.05) is 18.2 Å². The number of benzene rings is 1. The molecular weight excluding hydrogens is 202 g/mol. The molecule has 0 aliphatic carbocycles. The van der Waals surface area contributed by atoms with E-state index in [0.29, 0.717) is 17.8 Å². The summed E-state index contributed by atoms with van der Waals surface area (Å²) in [5.41, 5.74) is 2.01. The maximum absolute atomic E-state index is 10.7. The van der Waals surface area contributed by atoms with Crippen LogP contribution >= 0.6 is 0 Å². The van der Waals surface area contributed by atoms with E-state index in [1.54, 1.807) is 17.0 Å². The molecule has 0 spiro atoms. The van der Waals surface area contributed by atoms with Crippen molar-refractivity contribution in [3.05, 3.63) is 53.6 Å². The SMILES string of the molecule is N#Cc1ccccc1Cn1cncc1C=O. The second-order valence-electron chi connectivity index (χ2n) is 3.33. The van der Waals surface area contributed by atoms with Gasteiger partial charge in [0.2, 0.25) is 0 Å². The van der Waals surface area contributed by atoms with Crippen molar-refractivity contribution in [2.24, 2.45) is 0 Å². The Hall–Kier alpha value is -2.41. The number of nitrogens with zero attached hydrogens (tertiary/aromatic N) is 3. The van der Waals surface area contributed by atoms with Gasteiger partial charge < -0.3 is 4.57 Å². The number of rotatable bonds is 3. The highest BCUT2D eigenvalue weighted by atomic mass is 16.1. The van der Waals surface area contributed by atoms with Gasteiger partial charge in [-0.25, -0.2) is 4.98 Å². The van der Waals surface area contributed by atoms with Gasteiger partial charge in [-0.1, -0.05) is 18.2 Å². The van der Waals surface area contributed by atoms with Crippen molar-refractivity contribution in [2.45, 2.75) is 6.54 Å². The molecule has 2 aromatic rings. The molecule has 0 saturated carbocycles. The maximum Gasteiger partial charge on any atom is 0.168 e. The van der Waals surface area contributed by atoms with E-state index >= 15 is 0 Å². The molecule has 2 rings (SSSR count). The topological polar surface area (TPSA) is 58.7 Å². The van der Waals surface area contributed by atoms with Gasteiger partial charge in [-0.15, -0.1) is 0 Å². The summed E-state index contributed by atoms with van der Waals surface area (Å²) in [6.45, 7) is 0.484. The van der Waals surface area contributed by atoms with Gasteiger partial charge in [-0.05, 0) is 11.6 Å². The normalized spacial score (nSPS) is 9.69. The Balaban J connectivity index is 2.34. The highest BCUT2D eigenvalue weighted by Gasteiger charge is 2.04. The molecule has 78 valence electrons. The smallest absolute Gasteiger partial charge is 0.168 e. The Morgan fingerprint density at radius 1 is 1.44 bits per heavy atom. The highest BCUT2D eigenvalue weighted by Crippen LogP contribution is 2.10. The Bertz CT molecular complexity index is 551.